The Bertz CT molecular complexity index is 1220. The van der Waals surface area contributed by atoms with Gasteiger partial charge in [-0.3, -0.25) is 0 Å². The zero-order valence-electron chi connectivity index (χ0n) is 20.6. The molecular formula is C32H32N2S2. The Morgan fingerprint density at radius 1 is 0.444 bits per heavy atom. The van der Waals surface area contributed by atoms with Crippen molar-refractivity contribution in [3.8, 4) is 9.75 Å². The van der Waals surface area contributed by atoms with Crippen LogP contribution < -0.4 is 9.80 Å². The van der Waals surface area contributed by atoms with E-state index in [0.29, 0.717) is 0 Å². The molecule has 2 saturated heterocycles. The zero-order chi connectivity index (χ0) is 24.2. The molecule has 0 aliphatic carbocycles. The summed E-state index contributed by atoms with van der Waals surface area (Å²) in [6.45, 7) is 4.78. The van der Waals surface area contributed by atoms with Crippen molar-refractivity contribution >= 4 is 58.4 Å². The van der Waals surface area contributed by atoms with E-state index in [9.17, 15) is 0 Å². The van der Waals surface area contributed by atoms with Crippen molar-refractivity contribution in [2.75, 3.05) is 36.0 Å². The van der Waals surface area contributed by atoms with Gasteiger partial charge in [0.15, 0.2) is 0 Å². The lowest BCUT2D eigenvalue weighted by Crippen LogP contribution is -2.17. The van der Waals surface area contributed by atoms with Crippen molar-refractivity contribution < 1.29 is 0 Å². The Hall–Kier alpha value is -3.08. The molecule has 2 aromatic carbocycles. The third-order valence-electron chi connectivity index (χ3n) is 7.11. The molecule has 4 heteroatoms. The first-order valence-corrected chi connectivity index (χ1v) is 14.7. The van der Waals surface area contributed by atoms with Crippen molar-refractivity contribution in [1.82, 2.24) is 0 Å². The van der Waals surface area contributed by atoms with Gasteiger partial charge in [0.1, 0.15) is 0 Å². The highest BCUT2D eigenvalue weighted by molar-refractivity contribution is 7.23. The molecule has 0 N–H and O–H groups in total. The highest BCUT2D eigenvalue weighted by Gasteiger charge is 2.12. The first-order valence-electron chi connectivity index (χ1n) is 13.1. The second kappa shape index (κ2) is 10.9. The van der Waals surface area contributed by atoms with Gasteiger partial charge in [0.05, 0.1) is 0 Å². The lowest BCUT2D eigenvalue weighted by atomic mass is 10.2. The van der Waals surface area contributed by atoms with Gasteiger partial charge in [-0.2, -0.15) is 0 Å². The molecule has 2 fully saturated rings. The molecule has 0 saturated carbocycles. The molecule has 36 heavy (non-hydrogen) atoms. The molecule has 6 rings (SSSR count). The average molecular weight is 509 g/mol. The largest absolute Gasteiger partial charge is 0.372 e. The number of thiophene rings is 2. The highest BCUT2D eigenvalue weighted by Crippen LogP contribution is 2.35. The number of rotatable bonds is 7. The van der Waals surface area contributed by atoms with Gasteiger partial charge in [0.25, 0.3) is 0 Å². The zero-order valence-corrected chi connectivity index (χ0v) is 22.2. The summed E-state index contributed by atoms with van der Waals surface area (Å²) in [4.78, 5) is 10.2. The second-order valence-corrected chi connectivity index (χ2v) is 11.9. The van der Waals surface area contributed by atoms with Crippen LogP contribution in [0.4, 0.5) is 11.4 Å². The van der Waals surface area contributed by atoms with Gasteiger partial charge in [0.2, 0.25) is 0 Å². The van der Waals surface area contributed by atoms with E-state index in [0.717, 1.165) is 0 Å². The van der Waals surface area contributed by atoms with Crippen LogP contribution in [0.2, 0.25) is 0 Å². The Balaban J connectivity index is 1.07. The molecule has 0 radical (unpaired) electrons. The first kappa shape index (κ1) is 23.3. The van der Waals surface area contributed by atoms with Gasteiger partial charge in [-0.1, -0.05) is 36.4 Å². The minimum Gasteiger partial charge on any atom is -0.372 e. The van der Waals surface area contributed by atoms with E-state index in [1.165, 1.54) is 93.9 Å². The molecular weight excluding hydrogens is 477 g/mol. The Kier molecular flexibility index (Phi) is 7.06. The molecule has 2 aliphatic heterocycles. The van der Waals surface area contributed by atoms with Crippen LogP contribution >= 0.6 is 22.7 Å². The van der Waals surface area contributed by atoms with Gasteiger partial charge < -0.3 is 9.80 Å². The van der Waals surface area contributed by atoms with Crippen LogP contribution in [0.1, 0.15) is 46.6 Å². The van der Waals surface area contributed by atoms with Crippen molar-refractivity contribution in [3.05, 3.63) is 93.7 Å². The smallest absolute Gasteiger partial charge is 0.0449 e. The fourth-order valence-corrected chi connectivity index (χ4v) is 6.96. The number of hydrogen-bond donors (Lipinski definition) is 0. The molecule has 2 nitrogen and oxygen atoms in total. The van der Waals surface area contributed by atoms with E-state index in [1.807, 2.05) is 22.7 Å². The maximum absolute atomic E-state index is 2.48. The molecule has 4 aromatic rings. The van der Waals surface area contributed by atoms with E-state index in [1.54, 1.807) is 0 Å². The fourth-order valence-electron chi connectivity index (χ4n) is 5.05. The number of nitrogens with zero attached hydrogens (tertiary/aromatic N) is 2. The summed E-state index contributed by atoms with van der Waals surface area (Å²) < 4.78 is 0. The highest BCUT2D eigenvalue weighted by atomic mass is 32.1. The van der Waals surface area contributed by atoms with E-state index in [4.69, 9.17) is 0 Å². The predicted molar refractivity (Wildman–Crippen MR) is 161 cm³/mol. The lowest BCUT2D eigenvalue weighted by Gasteiger charge is -2.17. The summed E-state index contributed by atoms with van der Waals surface area (Å²) in [6.07, 6.45) is 14.2. The molecule has 0 unspecified atom stereocenters. The Labute approximate surface area is 222 Å². The lowest BCUT2D eigenvalue weighted by molar-refractivity contribution is 0.949. The van der Waals surface area contributed by atoms with Crippen LogP contribution in [0.25, 0.3) is 34.1 Å². The average Bonchev–Trinajstić information content (AvgIpc) is 3.74. The van der Waals surface area contributed by atoms with Crippen LogP contribution in [0.3, 0.4) is 0 Å². The minimum atomic E-state index is 1.19. The maximum Gasteiger partial charge on any atom is 0.0449 e. The molecule has 0 atom stereocenters. The molecule has 2 aliphatic rings. The summed E-state index contributed by atoms with van der Waals surface area (Å²) >= 11 is 3.71. The van der Waals surface area contributed by atoms with Crippen LogP contribution in [0, 0.1) is 0 Å². The van der Waals surface area contributed by atoms with E-state index < -0.39 is 0 Å². The second-order valence-electron chi connectivity index (χ2n) is 9.64. The molecule has 182 valence electrons. The fraction of sp³-hybridized carbons (Fsp3) is 0.250. The van der Waals surface area contributed by atoms with Crippen LogP contribution in [-0.2, 0) is 0 Å². The van der Waals surface area contributed by atoms with Crippen molar-refractivity contribution in [2.45, 2.75) is 25.7 Å². The van der Waals surface area contributed by atoms with Crippen LogP contribution in [-0.4, -0.2) is 26.2 Å². The standard InChI is InChI=1S/C32H32N2S2/c1-2-22-33(21-1)27-11-5-25(6-12-27)9-15-29-17-19-31(35-29)32-20-18-30(36-32)16-10-26-7-13-28(14-8-26)34-23-3-4-24-34/h5-20H,1-4,21-24H2/b15-9+,16-10+. The van der Waals surface area contributed by atoms with E-state index in [2.05, 4.69) is 107 Å². The van der Waals surface area contributed by atoms with Crippen LogP contribution in [0.15, 0.2) is 72.8 Å². The quantitative estimate of drug-likeness (QED) is 0.246. The van der Waals surface area contributed by atoms with Crippen molar-refractivity contribution in [3.63, 3.8) is 0 Å². The number of benzene rings is 2. The van der Waals surface area contributed by atoms with Gasteiger partial charge in [-0.05, 0) is 97.5 Å². The third-order valence-corrected chi connectivity index (χ3v) is 9.40. The monoisotopic (exact) mass is 508 g/mol. The normalized spacial score (nSPS) is 16.2. The molecule has 0 spiro atoms. The number of hydrogen-bond acceptors (Lipinski definition) is 4. The molecule has 0 amide bonds. The first-order chi connectivity index (χ1) is 17.8. The maximum atomic E-state index is 2.48. The van der Waals surface area contributed by atoms with Crippen molar-refractivity contribution in [1.29, 1.82) is 0 Å². The topological polar surface area (TPSA) is 6.48 Å². The minimum absolute atomic E-state index is 1.19. The van der Waals surface area contributed by atoms with Gasteiger partial charge in [0, 0.05) is 57.1 Å². The molecule has 4 heterocycles. The van der Waals surface area contributed by atoms with Crippen molar-refractivity contribution in [2.24, 2.45) is 0 Å². The third kappa shape index (κ3) is 5.50. The summed E-state index contributed by atoms with van der Waals surface area (Å²) in [5.74, 6) is 0. The summed E-state index contributed by atoms with van der Waals surface area (Å²) in [7, 11) is 0. The Morgan fingerprint density at radius 3 is 1.22 bits per heavy atom. The van der Waals surface area contributed by atoms with E-state index >= 15 is 0 Å². The predicted octanol–water partition coefficient (Wildman–Crippen LogP) is 9.02. The van der Waals surface area contributed by atoms with Crippen LogP contribution in [0.5, 0.6) is 0 Å². The SMILES string of the molecule is C(=C\c1ccc(-c2ccc(/C=C/c3ccc(N4CCCC4)cc3)s2)s1)/c1ccc(N2CCCC2)cc1. The summed E-state index contributed by atoms with van der Waals surface area (Å²) in [6, 6.07) is 26.9. The van der Waals surface area contributed by atoms with Gasteiger partial charge in [-0.25, -0.2) is 0 Å². The molecule has 2 aromatic heterocycles. The van der Waals surface area contributed by atoms with E-state index in [-0.39, 0.29) is 0 Å². The van der Waals surface area contributed by atoms with Gasteiger partial charge >= 0.3 is 0 Å². The van der Waals surface area contributed by atoms with Gasteiger partial charge in [-0.15, -0.1) is 22.7 Å². The number of anilines is 2. The Morgan fingerprint density at radius 2 is 0.833 bits per heavy atom. The summed E-state index contributed by atoms with van der Waals surface area (Å²) in [5, 5.41) is 0. The summed E-state index contributed by atoms with van der Waals surface area (Å²) in [5.41, 5.74) is 5.21. The molecule has 0 bridgehead atoms.